The van der Waals surface area contributed by atoms with Gasteiger partial charge in [-0.3, -0.25) is 0 Å². The second kappa shape index (κ2) is 4.40. The summed E-state index contributed by atoms with van der Waals surface area (Å²) in [5, 5.41) is 3.27. The van der Waals surface area contributed by atoms with E-state index in [9.17, 15) is 0 Å². The van der Waals surface area contributed by atoms with Gasteiger partial charge in [0, 0.05) is 16.4 Å². The molecule has 0 saturated heterocycles. The minimum absolute atomic E-state index is 0.746. The first-order valence-corrected chi connectivity index (χ1v) is 5.46. The molecular weight excluding hydrogens is 254 g/mol. The van der Waals surface area contributed by atoms with Crippen molar-refractivity contribution in [2.45, 2.75) is 6.54 Å². The van der Waals surface area contributed by atoms with Crippen molar-refractivity contribution in [3.05, 3.63) is 46.7 Å². The quantitative estimate of drug-likeness (QED) is 0.748. The summed E-state index contributed by atoms with van der Waals surface area (Å²) in [6, 6.07) is 9.82. The molecule has 0 spiro atoms. The fraction of sp³-hybridized carbons (Fsp3) is 0.0909. The van der Waals surface area contributed by atoms with E-state index in [4.69, 9.17) is 5.73 Å². The van der Waals surface area contributed by atoms with Crippen molar-refractivity contribution in [1.29, 1.82) is 0 Å². The number of aromatic nitrogens is 1. The molecule has 3 nitrogen and oxygen atoms in total. The molecule has 0 amide bonds. The fourth-order valence-electron chi connectivity index (χ4n) is 1.36. The number of hydrogen-bond donors (Lipinski definition) is 3. The van der Waals surface area contributed by atoms with Crippen molar-refractivity contribution in [3.63, 3.8) is 0 Å². The van der Waals surface area contributed by atoms with Gasteiger partial charge in [-0.25, -0.2) is 0 Å². The van der Waals surface area contributed by atoms with E-state index in [-0.39, 0.29) is 0 Å². The average Bonchev–Trinajstić information content (AvgIpc) is 2.69. The van der Waals surface area contributed by atoms with Gasteiger partial charge < -0.3 is 16.0 Å². The molecule has 4 N–H and O–H groups in total. The van der Waals surface area contributed by atoms with Crippen LogP contribution < -0.4 is 11.1 Å². The van der Waals surface area contributed by atoms with Crippen molar-refractivity contribution in [2.24, 2.45) is 0 Å². The zero-order valence-corrected chi connectivity index (χ0v) is 9.71. The van der Waals surface area contributed by atoms with Crippen LogP contribution in [0.5, 0.6) is 0 Å². The summed E-state index contributed by atoms with van der Waals surface area (Å²) >= 11 is 3.37. The minimum Gasteiger partial charge on any atom is -0.397 e. The summed E-state index contributed by atoms with van der Waals surface area (Å²) in [6.07, 6.45) is 1.90. The lowest BCUT2D eigenvalue weighted by molar-refractivity contribution is 1.07. The van der Waals surface area contributed by atoms with Crippen molar-refractivity contribution in [2.75, 3.05) is 11.1 Å². The summed E-state index contributed by atoms with van der Waals surface area (Å²) in [5.74, 6) is 0. The molecule has 78 valence electrons. The van der Waals surface area contributed by atoms with Gasteiger partial charge in [0.2, 0.25) is 0 Å². The van der Waals surface area contributed by atoms with Crippen LogP contribution in [0.1, 0.15) is 5.69 Å². The Morgan fingerprint density at radius 1 is 1.33 bits per heavy atom. The van der Waals surface area contributed by atoms with Crippen LogP contribution in [-0.2, 0) is 6.54 Å². The number of nitrogens with two attached hydrogens (primary N) is 1. The zero-order valence-electron chi connectivity index (χ0n) is 8.13. The first-order chi connectivity index (χ1) is 7.25. The third-order valence-corrected chi connectivity index (χ3v) is 2.64. The first-order valence-electron chi connectivity index (χ1n) is 4.67. The molecule has 15 heavy (non-hydrogen) atoms. The number of H-pyrrole nitrogens is 1. The Morgan fingerprint density at radius 3 is 2.87 bits per heavy atom. The van der Waals surface area contributed by atoms with Crippen molar-refractivity contribution in [3.8, 4) is 0 Å². The molecule has 0 aliphatic heterocycles. The Bertz CT molecular complexity index is 437. The van der Waals surface area contributed by atoms with Gasteiger partial charge in [0.25, 0.3) is 0 Å². The molecule has 0 aliphatic carbocycles. The highest BCUT2D eigenvalue weighted by Gasteiger charge is 1.99. The number of nitrogens with one attached hydrogen (secondary N) is 2. The topological polar surface area (TPSA) is 53.8 Å². The van der Waals surface area contributed by atoms with Crippen molar-refractivity contribution >= 4 is 27.3 Å². The molecule has 0 saturated carbocycles. The van der Waals surface area contributed by atoms with Crippen LogP contribution in [-0.4, -0.2) is 4.98 Å². The number of nitrogen functional groups attached to an aromatic ring is 1. The van der Waals surface area contributed by atoms with Gasteiger partial charge in [0.05, 0.1) is 17.9 Å². The number of aromatic amines is 1. The molecule has 0 radical (unpaired) electrons. The van der Waals surface area contributed by atoms with Crippen LogP contribution in [0.25, 0.3) is 0 Å². The minimum atomic E-state index is 0.746. The van der Waals surface area contributed by atoms with Gasteiger partial charge in [0.15, 0.2) is 0 Å². The third kappa shape index (κ3) is 2.53. The van der Waals surface area contributed by atoms with Crippen molar-refractivity contribution < 1.29 is 0 Å². The first kappa shape index (κ1) is 10.1. The summed E-state index contributed by atoms with van der Waals surface area (Å²) < 4.78 is 0.991. The smallest absolute Gasteiger partial charge is 0.0577 e. The molecule has 0 bridgehead atoms. The van der Waals surface area contributed by atoms with Gasteiger partial charge >= 0.3 is 0 Å². The van der Waals surface area contributed by atoms with E-state index < -0.39 is 0 Å². The van der Waals surface area contributed by atoms with Gasteiger partial charge in [0.1, 0.15) is 0 Å². The second-order valence-electron chi connectivity index (χ2n) is 3.28. The zero-order chi connectivity index (χ0) is 10.7. The number of anilines is 2. The summed E-state index contributed by atoms with van der Waals surface area (Å²) in [7, 11) is 0. The Hall–Kier alpha value is -1.42. The van der Waals surface area contributed by atoms with E-state index in [0.29, 0.717) is 0 Å². The van der Waals surface area contributed by atoms with Gasteiger partial charge in [-0.15, -0.1) is 0 Å². The number of benzene rings is 1. The highest BCUT2D eigenvalue weighted by molar-refractivity contribution is 9.10. The molecule has 0 aliphatic rings. The molecule has 0 atom stereocenters. The van der Waals surface area contributed by atoms with Gasteiger partial charge in [-0.1, -0.05) is 15.9 Å². The van der Waals surface area contributed by atoms with Crippen LogP contribution >= 0.6 is 15.9 Å². The predicted octanol–water partition coefficient (Wildman–Crippen LogP) is 2.97. The number of hydrogen-bond acceptors (Lipinski definition) is 2. The molecule has 1 aromatic carbocycles. The third-order valence-electron chi connectivity index (χ3n) is 2.15. The van der Waals surface area contributed by atoms with Crippen LogP contribution in [0.3, 0.4) is 0 Å². The number of halogens is 1. The molecule has 0 unspecified atom stereocenters. The Labute approximate surface area is 96.8 Å². The van der Waals surface area contributed by atoms with E-state index in [1.807, 2.05) is 36.5 Å². The normalized spacial score (nSPS) is 10.2. The molecule has 1 heterocycles. The van der Waals surface area contributed by atoms with Crippen molar-refractivity contribution in [1.82, 2.24) is 4.98 Å². The van der Waals surface area contributed by atoms with Crippen LogP contribution in [0.4, 0.5) is 11.4 Å². The van der Waals surface area contributed by atoms with Gasteiger partial charge in [-0.2, -0.15) is 0 Å². The maximum Gasteiger partial charge on any atom is 0.0577 e. The highest BCUT2D eigenvalue weighted by Crippen LogP contribution is 2.23. The standard InChI is InChI=1S/C11H12BrN3/c12-8-3-4-11(10(13)6-8)15-7-9-2-1-5-14-9/h1-6,14-15H,7,13H2. The summed E-state index contributed by atoms with van der Waals surface area (Å²) in [6.45, 7) is 0.749. The Balaban J connectivity index is 2.05. The Morgan fingerprint density at radius 2 is 2.20 bits per heavy atom. The molecular formula is C11H12BrN3. The lowest BCUT2D eigenvalue weighted by Crippen LogP contribution is -2.02. The molecule has 2 aromatic rings. The summed E-state index contributed by atoms with van der Waals surface area (Å²) in [4.78, 5) is 3.13. The predicted molar refractivity (Wildman–Crippen MR) is 66.7 cm³/mol. The monoisotopic (exact) mass is 265 g/mol. The molecule has 1 aromatic heterocycles. The lowest BCUT2D eigenvalue weighted by atomic mass is 10.2. The molecule has 2 rings (SSSR count). The van der Waals surface area contributed by atoms with Crippen LogP contribution in [0.2, 0.25) is 0 Å². The largest absolute Gasteiger partial charge is 0.397 e. The highest BCUT2D eigenvalue weighted by atomic mass is 79.9. The summed E-state index contributed by atoms with van der Waals surface area (Å²) in [5.41, 5.74) is 8.69. The van der Waals surface area contributed by atoms with E-state index in [1.165, 1.54) is 0 Å². The Kier molecular flexibility index (Phi) is 2.97. The van der Waals surface area contributed by atoms with E-state index in [2.05, 4.69) is 26.2 Å². The van der Waals surface area contributed by atoms with E-state index >= 15 is 0 Å². The SMILES string of the molecule is Nc1cc(Br)ccc1NCc1ccc[nH]1. The maximum atomic E-state index is 5.86. The number of rotatable bonds is 3. The van der Waals surface area contributed by atoms with E-state index in [0.717, 1.165) is 28.1 Å². The van der Waals surface area contributed by atoms with Crippen LogP contribution in [0, 0.1) is 0 Å². The molecule has 4 heteroatoms. The van der Waals surface area contributed by atoms with E-state index in [1.54, 1.807) is 0 Å². The van der Waals surface area contributed by atoms with Gasteiger partial charge in [-0.05, 0) is 30.3 Å². The maximum absolute atomic E-state index is 5.86. The average molecular weight is 266 g/mol. The second-order valence-corrected chi connectivity index (χ2v) is 4.20. The fourth-order valence-corrected chi connectivity index (χ4v) is 1.74. The lowest BCUT2D eigenvalue weighted by Gasteiger charge is -2.08. The van der Waals surface area contributed by atoms with Crippen LogP contribution in [0.15, 0.2) is 41.0 Å². The molecule has 0 fully saturated rings.